The summed E-state index contributed by atoms with van der Waals surface area (Å²) >= 11 is 11.8. The van der Waals surface area contributed by atoms with Crippen molar-refractivity contribution in [1.82, 2.24) is 0 Å². The number of rotatable bonds is 4. The molecular weight excluding hydrogens is 285 g/mol. The maximum Gasteiger partial charge on any atom is 0.129 e. The number of halogens is 2. The highest BCUT2D eigenvalue weighted by atomic mass is 35.5. The lowest BCUT2D eigenvalue weighted by Gasteiger charge is -2.11. The molecule has 2 aromatic rings. The van der Waals surface area contributed by atoms with E-state index in [1.807, 2.05) is 0 Å². The molecule has 0 aliphatic heterocycles. The second-order valence-corrected chi connectivity index (χ2v) is 4.82. The van der Waals surface area contributed by atoms with Crippen molar-refractivity contribution in [2.45, 2.75) is 6.10 Å². The highest BCUT2D eigenvalue weighted by molar-refractivity contribution is 6.42. The van der Waals surface area contributed by atoms with Gasteiger partial charge >= 0.3 is 0 Å². The van der Waals surface area contributed by atoms with E-state index in [4.69, 9.17) is 33.7 Å². The van der Waals surface area contributed by atoms with Crippen molar-refractivity contribution in [3.8, 4) is 11.5 Å². The molecule has 1 atom stereocenters. The number of aliphatic hydroxyl groups is 1. The summed E-state index contributed by atoms with van der Waals surface area (Å²) in [5.41, 5.74) is 6.13. The van der Waals surface area contributed by atoms with E-state index in [1.54, 1.807) is 42.5 Å². The second kappa shape index (κ2) is 6.26. The molecule has 0 aliphatic rings. The van der Waals surface area contributed by atoms with Crippen LogP contribution in [-0.2, 0) is 0 Å². The van der Waals surface area contributed by atoms with Gasteiger partial charge < -0.3 is 15.6 Å². The van der Waals surface area contributed by atoms with Gasteiger partial charge in [-0.05, 0) is 29.8 Å². The molecule has 19 heavy (non-hydrogen) atoms. The largest absolute Gasteiger partial charge is 0.457 e. The summed E-state index contributed by atoms with van der Waals surface area (Å²) < 4.78 is 5.65. The Kier molecular flexibility index (Phi) is 4.66. The zero-order chi connectivity index (χ0) is 13.8. The van der Waals surface area contributed by atoms with E-state index >= 15 is 0 Å². The van der Waals surface area contributed by atoms with Gasteiger partial charge in [-0.25, -0.2) is 0 Å². The smallest absolute Gasteiger partial charge is 0.129 e. The Morgan fingerprint density at radius 1 is 1.05 bits per heavy atom. The summed E-state index contributed by atoms with van der Waals surface area (Å²) in [7, 11) is 0. The monoisotopic (exact) mass is 297 g/mol. The van der Waals surface area contributed by atoms with Crippen molar-refractivity contribution in [1.29, 1.82) is 0 Å². The third kappa shape index (κ3) is 3.61. The zero-order valence-corrected chi connectivity index (χ0v) is 11.5. The minimum Gasteiger partial charge on any atom is -0.457 e. The Hall–Kier alpha value is -1.26. The van der Waals surface area contributed by atoms with Crippen molar-refractivity contribution < 1.29 is 9.84 Å². The summed E-state index contributed by atoms with van der Waals surface area (Å²) in [4.78, 5) is 0. The van der Waals surface area contributed by atoms with Crippen LogP contribution >= 0.6 is 23.2 Å². The summed E-state index contributed by atoms with van der Waals surface area (Å²) in [6.45, 7) is 0.163. The molecule has 0 amide bonds. The minimum atomic E-state index is -0.697. The van der Waals surface area contributed by atoms with Crippen LogP contribution in [0, 0.1) is 0 Å². The number of ether oxygens (including phenoxy) is 1. The number of nitrogens with two attached hydrogens (primary N) is 1. The molecule has 2 rings (SSSR count). The number of hydrogen-bond donors (Lipinski definition) is 2. The molecule has 0 saturated carbocycles. The van der Waals surface area contributed by atoms with Crippen molar-refractivity contribution in [2.75, 3.05) is 6.54 Å². The molecule has 3 nitrogen and oxygen atoms in total. The fourth-order valence-corrected chi connectivity index (χ4v) is 1.89. The molecular formula is C14H13Cl2NO2. The first-order valence-electron chi connectivity index (χ1n) is 5.71. The van der Waals surface area contributed by atoms with E-state index in [0.717, 1.165) is 0 Å². The van der Waals surface area contributed by atoms with Gasteiger partial charge in [0.25, 0.3) is 0 Å². The predicted octanol–water partition coefficient (Wildman–Crippen LogP) is 3.78. The van der Waals surface area contributed by atoms with Crippen LogP contribution in [0.2, 0.25) is 10.0 Å². The third-order valence-corrected chi connectivity index (χ3v) is 3.33. The molecule has 2 aromatic carbocycles. The molecule has 0 aromatic heterocycles. The summed E-state index contributed by atoms with van der Waals surface area (Å²) in [6.07, 6.45) is -0.697. The highest BCUT2D eigenvalue weighted by Crippen LogP contribution is 2.30. The lowest BCUT2D eigenvalue weighted by atomic mass is 10.1. The number of aliphatic hydroxyl groups excluding tert-OH is 1. The topological polar surface area (TPSA) is 55.5 Å². The Bertz CT molecular complexity index is 575. The maximum absolute atomic E-state index is 9.68. The fourth-order valence-electron chi connectivity index (χ4n) is 1.60. The molecule has 0 aliphatic carbocycles. The molecule has 100 valence electrons. The van der Waals surface area contributed by atoms with Crippen LogP contribution < -0.4 is 10.5 Å². The van der Waals surface area contributed by atoms with Crippen LogP contribution in [0.1, 0.15) is 11.7 Å². The first kappa shape index (κ1) is 14.2. The Morgan fingerprint density at radius 3 is 2.47 bits per heavy atom. The number of hydrogen-bond acceptors (Lipinski definition) is 3. The molecule has 0 fully saturated rings. The maximum atomic E-state index is 9.68. The Morgan fingerprint density at radius 2 is 1.79 bits per heavy atom. The lowest BCUT2D eigenvalue weighted by molar-refractivity contribution is 0.186. The standard InChI is InChI=1S/C14H13Cl2NO2/c15-12-5-4-11(7-13(12)16)19-10-3-1-2-9(6-10)14(18)8-17/h1-7,14,18H,8,17H2. The highest BCUT2D eigenvalue weighted by Gasteiger charge is 2.07. The van der Waals surface area contributed by atoms with Crippen LogP contribution in [-0.4, -0.2) is 11.7 Å². The van der Waals surface area contributed by atoms with Crippen LogP contribution in [0.15, 0.2) is 42.5 Å². The van der Waals surface area contributed by atoms with Crippen molar-refractivity contribution >= 4 is 23.2 Å². The van der Waals surface area contributed by atoms with Gasteiger partial charge in [0.05, 0.1) is 16.1 Å². The van der Waals surface area contributed by atoms with E-state index in [2.05, 4.69) is 0 Å². The summed E-state index contributed by atoms with van der Waals surface area (Å²) in [6, 6.07) is 12.1. The summed E-state index contributed by atoms with van der Waals surface area (Å²) in [5.74, 6) is 1.18. The van der Waals surface area contributed by atoms with Gasteiger partial charge in [-0.3, -0.25) is 0 Å². The Labute approximate surface area is 121 Å². The molecule has 0 spiro atoms. The van der Waals surface area contributed by atoms with Crippen LogP contribution in [0.25, 0.3) is 0 Å². The van der Waals surface area contributed by atoms with Crippen molar-refractivity contribution in [3.05, 3.63) is 58.1 Å². The predicted molar refractivity (Wildman–Crippen MR) is 77.0 cm³/mol. The van der Waals surface area contributed by atoms with Gasteiger partial charge in [0.1, 0.15) is 11.5 Å². The van der Waals surface area contributed by atoms with Crippen LogP contribution in [0.3, 0.4) is 0 Å². The lowest BCUT2D eigenvalue weighted by Crippen LogP contribution is -2.11. The van der Waals surface area contributed by atoms with Gasteiger partial charge in [-0.15, -0.1) is 0 Å². The van der Waals surface area contributed by atoms with E-state index in [9.17, 15) is 5.11 Å². The first-order valence-corrected chi connectivity index (χ1v) is 6.46. The van der Waals surface area contributed by atoms with E-state index in [1.165, 1.54) is 0 Å². The molecule has 0 bridgehead atoms. The van der Waals surface area contributed by atoms with Gasteiger partial charge in [0, 0.05) is 12.6 Å². The first-order chi connectivity index (χ1) is 9.10. The molecule has 5 heteroatoms. The van der Waals surface area contributed by atoms with E-state index in [0.29, 0.717) is 27.1 Å². The fraction of sp³-hybridized carbons (Fsp3) is 0.143. The zero-order valence-electron chi connectivity index (χ0n) is 10.0. The number of benzene rings is 2. The molecule has 0 radical (unpaired) electrons. The summed E-state index contributed by atoms with van der Waals surface area (Å²) in [5, 5.41) is 10.6. The van der Waals surface area contributed by atoms with Gasteiger partial charge in [0.15, 0.2) is 0 Å². The minimum absolute atomic E-state index is 0.163. The molecule has 1 unspecified atom stereocenters. The average Bonchev–Trinajstić information content (AvgIpc) is 2.42. The van der Waals surface area contributed by atoms with Crippen LogP contribution in [0.4, 0.5) is 0 Å². The van der Waals surface area contributed by atoms with Gasteiger partial charge in [-0.1, -0.05) is 35.3 Å². The van der Waals surface area contributed by atoms with E-state index in [-0.39, 0.29) is 6.54 Å². The molecule has 0 saturated heterocycles. The molecule has 3 N–H and O–H groups in total. The SMILES string of the molecule is NCC(O)c1cccc(Oc2ccc(Cl)c(Cl)c2)c1. The quantitative estimate of drug-likeness (QED) is 0.903. The molecule has 0 heterocycles. The van der Waals surface area contributed by atoms with Gasteiger partial charge in [-0.2, -0.15) is 0 Å². The van der Waals surface area contributed by atoms with Crippen LogP contribution in [0.5, 0.6) is 11.5 Å². The second-order valence-electron chi connectivity index (χ2n) is 4.00. The Balaban J connectivity index is 2.20. The van der Waals surface area contributed by atoms with Crippen molar-refractivity contribution in [2.24, 2.45) is 5.73 Å². The van der Waals surface area contributed by atoms with Crippen molar-refractivity contribution in [3.63, 3.8) is 0 Å². The van der Waals surface area contributed by atoms with E-state index < -0.39 is 6.10 Å². The average molecular weight is 298 g/mol. The van der Waals surface area contributed by atoms with Gasteiger partial charge in [0.2, 0.25) is 0 Å². The third-order valence-electron chi connectivity index (χ3n) is 2.59. The normalized spacial score (nSPS) is 12.2.